The fraction of sp³-hybridized carbons (Fsp3) is 0.458. The molecule has 2 aromatic rings. The monoisotopic (exact) mass is 412 g/mol. The zero-order chi connectivity index (χ0) is 19.3. The second kappa shape index (κ2) is 7.75. The van der Waals surface area contributed by atoms with Crippen molar-refractivity contribution in [1.82, 2.24) is 4.90 Å². The molecule has 1 aliphatic carbocycles. The maximum atomic E-state index is 12.7. The number of aliphatic hydroxyl groups excluding tert-OH is 1. The normalized spacial score (nSPS) is 25.4. The number of aliphatic hydroxyl groups is 1. The van der Waals surface area contributed by atoms with Crippen molar-refractivity contribution in [2.75, 3.05) is 24.6 Å². The maximum absolute atomic E-state index is 12.7. The molecule has 2 unspecified atom stereocenters. The van der Waals surface area contributed by atoms with Crippen LogP contribution in [-0.4, -0.2) is 47.2 Å². The number of benzene rings is 2. The Kier molecular flexibility index (Phi) is 5.45. The fourth-order valence-corrected chi connectivity index (χ4v) is 5.82. The molecule has 3 aliphatic rings. The van der Waals surface area contributed by atoms with E-state index in [1.807, 2.05) is 35.2 Å². The summed E-state index contributed by atoms with van der Waals surface area (Å²) in [5, 5.41) is 9.90. The molecule has 0 saturated carbocycles. The number of nitrogens with zero attached hydrogens (tertiary/aromatic N) is 2. The Morgan fingerprint density at radius 1 is 1.03 bits per heavy atom. The van der Waals surface area contributed by atoms with Crippen molar-refractivity contribution in [3.8, 4) is 0 Å². The summed E-state index contributed by atoms with van der Waals surface area (Å²) in [4.78, 5) is 17.3. The third-order valence-electron chi connectivity index (χ3n) is 7.39. The van der Waals surface area contributed by atoms with Gasteiger partial charge in [0.15, 0.2) is 0 Å². The second-order valence-electron chi connectivity index (χ2n) is 8.66. The van der Waals surface area contributed by atoms with Crippen molar-refractivity contribution in [1.29, 1.82) is 0 Å². The van der Waals surface area contributed by atoms with E-state index in [0.29, 0.717) is 6.04 Å². The molecule has 2 atom stereocenters. The van der Waals surface area contributed by atoms with E-state index >= 15 is 0 Å². The summed E-state index contributed by atoms with van der Waals surface area (Å²) in [7, 11) is 0. The number of para-hydroxylation sites is 1. The van der Waals surface area contributed by atoms with Gasteiger partial charge in [-0.15, -0.1) is 12.4 Å². The molecule has 29 heavy (non-hydrogen) atoms. The molecule has 0 aromatic heterocycles. The highest BCUT2D eigenvalue weighted by molar-refractivity contribution is 6.05. The number of carbonyl (C=O) groups excluding carboxylic acids is 1. The summed E-state index contributed by atoms with van der Waals surface area (Å²) in [6.45, 7) is 4.15. The first-order valence-electron chi connectivity index (χ1n) is 10.5. The Morgan fingerprint density at radius 3 is 2.41 bits per heavy atom. The lowest BCUT2D eigenvalue weighted by Crippen LogP contribution is -2.75. The summed E-state index contributed by atoms with van der Waals surface area (Å²) in [6, 6.07) is 17.2. The molecule has 5 rings (SSSR count). The first kappa shape index (κ1) is 20.4. The van der Waals surface area contributed by atoms with Crippen LogP contribution < -0.4 is 4.90 Å². The minimum Gasteiger partial charge on any atom is -0.395 e. The summed E-state index contributed by atoms with van der Waals surface area (Å²) in [6.07, 6.45) is 4.14. The van der Waals surface area contributed by atoms with Crippen LogP contribution in [0.2, 0.25) is 0 Å². The van der Waals surface area contributed by atoms with Gasteiger partial charge < -0.3 is 10.0 Å². The van der Waals surface area contributed by atoms with Crippen molar-refractivity contribution in [3.63, 3.8) is 0 Å². The van der Waals surface area contributed by atoms with E-state index < -0.39 is 0 Å². The van der Waals surface area contributed by atoms with E-state index in [0.717, 1.165) is 44.5 Å². The van der Waals surface area contributed by atoms with Gasteiger partial charge in [0.25, 0.3) is 0 Å². The Labute approximate surface area is 178 Å². The zero-order valence-electron chi connectivity index (χ0n) is 16.9. The molecule has 2 aliphatic heterocycles. The van der Waals surface area contributed by atoms with Crippen molar-refractivity contribution >= 4 is 24.0 Å². The molecular weight excluding hydrogens is 384 g/mol. The predicted octanol–water partition coefficient (Wildman–Crippen LogP) is 3.37. The molecule has 2 saturated heterocycles. The zero-order valence-corrected chi connectivity index (χ0v) is 17.7. The van der Waals surface area contributed by atoms with Crippen LogP contribution in [0.5, 0.6) is 0 Å². The van der Waals surface area contributed by atoms with E-state index in [2.05, 4.69) is 30.0 Å². The van der Waals surface area contributed by atoms with E-state index in [1.165, 1.54) is 16.7 Å². The summed E-state index contributed by atoms with van der Waals surface area (Å²) < 4.78 is 0. The number of hydrogen-bond donors (Lipinski definition) is 1. The molecule has 0 bridgehead atoms. The largest absolute Gasteiger partial charge is 0.395 e. The smallest absolute Gasteiger partial charge is 0.235 e. The van der Waals surface area contributed by atoms with E-state index in [4.69, 9.17) is 0 Å². The topological polar surface area (TPSA) is 43.8 Å². The molecule has 0 radical (unpaired) electrons. The maximum Gasteiger partial charge on any atom is 0.235 e. The van der Waals surface area contributed by atoms with Gasteiger partial charge in [-0.2, -0.15) is 0 Å². The number of hydrogen-bond acceptors (Lipinski definition) is 3. The molecule has 4 nitrogen and oxygen atoms in total. The molecule has 2 heterocycles. The Bertz CT molecular complexity index is 893. The number of likely N-dealkylation sites (tertiary alicyclic amines) is 1. The highest BCUT2D eigenvalue weighted by Gasteiger charge is 2.60. The highest BCUT2D eigenvalue weighted by Crippen LogP contribution is 2.48. The van der Waals surface area contributed by atoms with Crippen LogP contribution in [-0.2, 0) is 17.6 Å². The molecule has 1 N–H and O–H groups in total. The van der Waals surface area contributed by atoms with Gasteiger partial charge in [0, 0.05) is 24.8 Å². The van der Waals surface area contributed by atoms with Gasteiger partial charge in [0.05, 0.1) is 18.1 Å². The first-order chi connectivity index (χ1) is 13.6. The Morgan fingerprint density at radius 2 is 1.76 bits per heavy atom. The van der Waals surface area contributed by atoms with Crippen molar-refractivity contribution < 1.29 is 9.90 Å². The van der Waals surface area contributed by atoms with Crippen molar-refractivity contribution in [2.45, 2.75) is 44.2 Å². The van der Waals surface area contributed by atoms with Crippen LogP contribution in [0.15, 0.2) is 48.5 Å². The lowest BCUT2D eigenvalue weighted by molar-refractivity contribution is -0.140. The van der Waals surface area contributed by atoms with Gasteiger partial charge in [-0.05, 0) is 61.4 Å². The van der Waals surface area contributed by atoms with Gasteiger partial charge in [0.2, 0.25) is 5.91 Å². The van der Waals surface area contributed by atoms with Crippen molar-refractivity contribution in [2.24, 2.45) is 5.92 Å². The van der Waals surface area contributed by atoms with Crippen LogP contribution in [0.1, 0.15) is 29.5 Å². The number of aryl methyl sites for hydroxylation is 1. The molecule has 1 spiro atoms. The van der Waals surface area contributed by atoms with E-state index in [-0.39, 0.29) is 36.4 Å². The minimum atomic E-state index is -0.252. The lowest BCUT2D eigenvalue weighted by Gasteiger charge is -2.60. The SMILES string of the molecule is Cc1cccc2c1CC(N1CCC3(CC1)C(CO)C(=O)N3c1ccccc1)C2.Cl. The van der Waals surface area contributed by atoms with E-state index in [9.17, 15) is 9.90 Å². The molecular formula is C24H29ClN2O2. The van der Waals surface area contributed by atoms with Crippen LogP contribution in [0.3, 0.4) is 0 Å². The number of β-lactam (4-membered cyclic amide) rings is 1. The lowest BCUT2D eigenvalue weighted by atomic mass is 9.67. The number of anilines is 1. The molecule has 2 aromatic carbocycles. The van der Waals surface area contributed by atoms with Crippen LogP contribution >= 0.6 is 12.4 Å². The first-order valence-corrected chi connectivity index (χ1v) is 10.5. The van der Waals surface area contributed by atoms with Crippen molar-refractivity contribution in [3.05, 3.63) is 65.2 Å². The minimum absolute atomic E-state index is 0. The van der Waals surface area contributed by atoms with Crippen LogP contribution in [0, 0.1) is 12.8 Å². The average Bonchev–Trinajstić information content (AvgIpc) is 3.15. The molecule has 1 amide bonds. The van der Waals surface area contributed by atoms with Crippen LogP contribution in [0.25, 0.3) is 0 Å². The molecule has 154 valence electrons. The fourth-order valence-electron chi connectivity index (χ4n) is 5.82. The van der Waals surface area contributed by atoms with E-state index in [1.54, 1.807) is 0 Å². The number of piperidine rings is 1. The molecule has 2 fully saturated rings. The van der Waals surface area contributed by atoms with Gasteiger partial charge in [-0.3, -0.25) is 9.69 Å². The van der Waals surface area contributed by atoms with Crippen LogP contribution in [0.4, 0.5) is 5.69 Å². The summed E-state index contributed by atoms with van der Waals surface area (Å²) >= 11 is 0. The number of fused-ring (bicyclic) bond motifs is 1. The summed E-state index contributed by atoms with van der Waals surface area (Å²) in [5.41, 5.74) is 5.20. The molecule has 5 heteroatoms. The van der Waals surface area contributed by atoms with Gasteiger partial charge >= 0.3 is 0 Å². The summed E-state index contributed by atoms with van der Waals surface area (Å²) in [5.74, 6) is -0.177. The predicted molar refractivity (Wildman–Crippen MR) is 118 cm³/mol. The third-order valence-corrected chi connectivity index (χ3v) is 7.39. The Hall–Kier alpha value is -1.88. The van der Waals surface area contributed by atoms with Gasteiger partial charge in [-0.1, -0.05) is 36.4 Å². The number of halogens is 1. The average molecular weight is 413 g/mol. The number of rotatable bonds is 3. The van der Waals surface area contributed by atoms with Gasteiger partial charge in [-0.25, -0.2) is 0 Å². The quantitative estimate of drug-likeness (QED) is 0.786. The van der Waals surface area contributed by atoms with Gasteiger partial charge in [0.1, 0.15) is 0 Å². The highest BCUT2D eigenvalue weighted by atomic mass is 35.5. The number of carbonyl (C=O) groups is 1. The third kappa shape index (κ3) is 3.09. The number of amides is 1. The standard InChI is InChI=1S/C24H28N2O2.ClH/c1-17-6-5-7-18-14-20(15-21(17)18)25-12-10-24(11-13-25)22(16-27)23(28)26(24)19-8-3-2-4-9-19;/h2-9,20,22,27H,10-16H2,1H3;1H. The Balaban J connectivity index is 0.00000205. The second-order valence-corrected chi connectivity index (χ2v) is 8.66.